The lowest BCUT2D eigenvalue weighted by Crippen LogP contribution is -2.60. The lowest BCUT2D eigenvalue weighted by molar-refractivity contribution is -0.142. The Morgan fingerprint density at radius 3 is 1.71 bits per heavy atom. The van der Waals surface area contributed by atoms with Crippen molar-refractivity contribution in [2.45, 2.75) is 209 Å². The van der Waals surface area contributed by atoms with Crippen LogP contribution in [0.1, 0.15) is 159 Å². The standard InChI is InChI=1S/C75H114N18O14S2/c1-45-33-61(95)50-39-62(96)49(34-47-26-27-64(106-2)65(36-47)107-3)38-63(97)52(20-7-8-25-66(79)80)86-71(102)56(35-46-17-5-4-6-18-46)90-72(103)57(40-51-41-83-44-85-51)91-73(104)59-24-16-32-93(59)74(105)58(43-109-108-42-50)92-70(101)55(23-15-31-84-75(81)82)89-69(100)54(22-11-14-30-78)88-68(99)53(21-10-13-29-77)87-67(98)48(37-60(45)94)19-9-12-28-76/h4-6,17-18,26-27,36,41,44-45,48-50,52-59H,7-16,19-25,28-35,37-40,42-43,76-78H2,1-3H3,(H3,79,80)(H,83,85)(H,86,102)(H,87,98)(H,88,99)(H,89,100)(H,90,103)(H,91,104)(H,92,101)(H4,81,82,84)/t45-,48-,49-,50+,52+,53+,54+,55+,56-,57+,58+,59+/m1/s1. The van der Waals surface area contributed by atoms with E-state index in [1.54, 1.807) is 55.5 Å². The molecule has 1 aromatic heterocycles. The van der Waals surface area contributed by atoms with Gasteiger partial charge in [-0.25, -0.2) is 4.98 Å². The summed E-state index contributed by atoms with van der Waals surface area (Å²) in [6, 6.07) is 2.81. The third kappa shape index (κ3) is 29.7. The Labute approximate surface area is 645 Å². The molecule has 0 spiro atoms. The lowest BCUT2D eigenvalue weighted by atomic mass is 9.82. The fourth-order valence-corrected chi connectivity index (χ4v) is 16.0. The quantitative estimate of drug-likeness (QED) is 0.0203. The predicted octanol–water partition coefficient (Wildman–Crippen LogP) is 1.51. The number of hydrogen-bond donors (Lipinski definition) is 15. The summed E-state index contributed by atoms with van der Waals surface area (Å²) in [6.45, 7) is 2.33. The molecule has 3 saturated heterocycles. The van der Waals surface area contributed by atoms with E-state index in [1.807, 2.05) is 0 Å². The summed E-state index contributed by atoms with van der Waals surface area (Å²) < 4.78 is 11.2. The summed E-state index contributed by atoms with van der Waals surface area (Å²) in [5.74, 6) is -12.8. The minimum absolute atomic E-state index is 0.000515. The van der Waals surface area contributed by atoms with Gasteiger partial charge in [-0.1, -0.05) is 77.8 Å². The van der Waals surface area contributed by atoms with Crippen molar-refractivity contribution in [1.29, 1.82) is 5.41 Å². The number of H-pyrrole nitrogens is 1. The molecule has 3 fully saturated rings. The molecule has 3 aliphatic rings. The second-order valence-corrected chi connectivity index (χ2v) is 30.9. The number of fused-ring (bicyclic) bond motifs is 6. The first kappa shape index (κ1) is 88.9. The van der Waals surface area contributed by atoms with Gasteiger partial charge in [0.05, 0.1) is 32.4 Å². The van der Waals surface area contributed by atoms with Crippen LogP contribution in [0.25, 0.3) is 0 Å². The number of carbonyl (C=O) groups is 12. The molecule has 0 radical (unpaired) electrons. The Balaban J connectivity index is 1.56. The van der Waals surface area contributed by atoms with E-state index in [1.165, 1.54) is 31.6 Å². The second-order valence-electron chi connectivity index (χ2n) is 28.3. The Hall–Kier alpha value is -8.99. The van der Waals surface area contributed by atoms with Gasteiger partial charge in [0, 0.05) is 105 Å². The zero-order chi connectivity index (χ0) is 79.4. The van der Waals surface area contributed by atoms with Crippen molar-refractivity contribution in [3.05, 3.63) is 77.9 Å². The molecular weight excluding hydrogens is 1440 g/mol. The van der Waals surface area contributed by atoms with Gasteiger partial charge in [0.25, 0.3) is 0 Å². The van der Waals surface area contributed by atoms with Crippen molar-refractivity contribution >= 4 is 104 Å². The number of aromatic nitrogens is 2. The smallest absolute Gasteiger partial charge is 0.246 e. The number of amidine groups is 1. The van der Waals surface area contributed by atoms with Gasteiger partial charge >= 0.3 is 0 Å². The number of nitrogens with one attached hydrogen (secondary N) is 9. The van der Waals surface area contributed by atoms with Gasteiger partial charge in [-0.05, 0) is 139 Å². The number of rotatable bonds is 29. The van der Waals surface area contributed by atoms with Crippen LogP contribution in [0.15, 0.2) is 66.0 Å². The summed E-state index contributed by atoms with van der Waals surface area (Å²) in [7, 11) is 5.02. The molecule has 3 aliphatic heterocycles. The van der Waals surface area contributed by atoms with E-state index in [4.69, 9.17) is 49.3 Å². The van der Waals surface area contributed by atoms with Crippen LogP contribution >= 0.6 is 21.6 Å². The fraction of sp³-hybridized carbons (Fsp3) is 0.613. The zero-order valence-corrected chi connectivity index (χ0v) is 64.6. The summed E-state index contributed by atoms with van der Waals surface area (Å²) >= 11 is 0. The third-order valence-corrected chi connectivity index (χ3v) is 22.3. The first-order chi connectivity index (χ1) is 52.4. The van der Waals surface area contributed by atoms with Crippen molar-refractivity contribution in [2.75, 3.05) is 58.4 Å². The summed E-state index contributed by atoms with van der Waals surface area (Å²) in [6.07, 6.45) is 4.62. The van der Waals surface area contributed by atoms with Crippen LogP contribution in [0.2, 0.25) is 0 Å². The molecule has 0 saturated carbocycles. The molecular formula is C75H114N18O14S2. The molecule has 2 bridgehead atoms. The van der Waals surface area contributed by atoms with Gasteiger partial charge in [0.15, 0.2) is 23.2 Å². The van der Waals surface area contributed by atoms with Crippen molar-refractivity contribution in [1.82, 2.24) is 52.1 Å². The monoisotopic (exact) mass is 1550 g/mol. The van der Waals surface area contributed by atoms with Crippen molar-refractivity contribution in [3.8, 4) is 11.5 Å². The molecule has 0 aliphatic carbocycles. The molecule has 6 rings (SSSR count). The number of hydrogen-bond acceptors (Lipinski definition) is 22. The van der Waals surface area contributed by atoms with E-state index in [9.17, 15) is 19.2 Å². The van der Waals surface area contributed by atoms with E-state index >= 15 is 38.4 Å². The minimum Gasteiger partial charge on any atom is -0.493 e. The third-order valence-electron chi connectivity index (χ3n) is 19.8. The molecule has 8 amide bonds. The second kappa shape index (κ2) is 47.2. The topological polar surface area (TPSA) is 532 Å². The number of ether oxygens (including phenoxy) is 2. The van der Waals surface area contributed by atoms with Crippen LogP contribution < -0.4 is 81.1 Å². The number of aromatic amines is 1. The molecule has 32 nitrogen and oxygen atoms in total. The zero-order valence-electron chi connectivity index (χ0n) is 63.0. The number of carbonyl (C=O) groups excluding carboxylic acids is 12. The highest BCUT2D eigenvalue weighted by molar-refractivity contribution is 8.76. The normalized spacial score (nSPS) is 24.8. The van der Waals surface area contributed by atoms with E-state index in [2.05, 4.69) is 52.2 Å². The van der Waals surface area contributed by atoms with Crippen LogP contribution in [0.3, 0.4) is 0 Å². The van der Waals surface area contributed by atoms with Gasteiger partial charge in [-0.3, -0.25) is 67.9 Å². The van der Waals surface area contributed by atoms with E-state index in [-0.39, 0.29) is 146 Å². The highest BCUT2D eigenvalue weighted by Gasteiger charge is 2.42. The number of Topliss-reactive ketones (excluding diaryl/α,β-unsaturated/α-hetero) is 4. The molecule has 600 valence electrons. The van der Waals surface area contributed by atoms with Crippen molar-refractivity contribution < 1.29 is 67.0 Å². The SMILES string of the molecule is COc1ccc(C[C@@H]2CC(=O)[C@H](CCCCC(=N)N)NC(=O)[C@@H](Cc3ccccc3)NC(=O)[C@H](Cc3cnc[nH]3)NC(=O)[C@@H]3CCCN3C(=O)[C@@H]3CSSC[C@H](CC2=O)C(=O)C[C@@H](C)C(=O)C[C@@H](CCCCN)C(=O)N[C@@H](CCCCN)C(=O)N[C@@H](CCCCN)C(=O)N[C@@H](CCCN=C(N)N)C(=O)N3)cc1OC. The molecule has 2 aromatic carbocycles. The van der Waals surface area contributed by atoms with Crippen LogP contribution in [-0.2, 0) is 76.8 Å². The molecule has 12 atom stereocenters. The lowest BCUT2D eigenvalue weighted by Gasteiger charge is -2.31. The van der Waals surface area contributed by atoms with Crippen LogP contribution in [0.5, 0.6) is 11.5 Å². The molecule has 3 aromatic rings. The summed E-state index contributed by atoms with van der Waals surface area (Å²) in [4.78, 5) is 194. The minimum atomic E-state index is -1.50. The maximum absolute atomic E-state index is 15.7. The molecule has 34 heteroatoms. The number of nitrogens with two attached hydrogens (primary N) is 6. The first-order valence-electron chi connectivity index (χ1n) is 37.9. The van der Waals surface area contributed by atoms with Crippen molar-refractivity contribution in [3.63, 3.8) is 0 Å². The highest BCUT2D eigenvalue weighted by atomic mass is 33.1. The number of amides is 8. The summed E-state index contributed by atoms with van der Waals surface area (Å²) in [5, 5.41) is 27.9. The van der Waals surface area contributed by atoms with Gasteiger partial charge in [0.2, 0.25) is 47.3 Å². The maximum Gasteiger partial charge on any atom is 0.246 e. The number of methoxy groups -OCH3 is 2. The Morgan fingerprint density at radius 2 is 1.09 bits per heavy atom. The Morgan fingerprint density at radius 1 is 0.541 bits per heavy atom. The molecule has 21 N–H and O–H groups in total. The van der Waals surface area contributed by atoms with Crippen molar-refractivity contribution in [2.24, 2.45) is 63.1 Å². The predicted molar refractivity (Wildman–Crippen MR) is 416 cm³/mol. The number of unbranched alkanes of at least 4 members (excludes halogenated alkanes) is 4. The number of guanidine groups is 1. The highest BCUT2D eigenvalue weighted by Crippen LogP contribution is 2.34. The van der Waals surface area contributed by atoms with Gasteiger partial charge in [-0.2, -0.15) is 0 Å². The first-order valence-corrected chi connectivity index (χ1v) is 40.3. The number of imidazole rings is 1. The Kier molecular flexibility index (Phi) is 38.5. The van der Waals surface area contributed by atoms with Crippen LogP contribution in [0.4, 0.5) is 0 Å². The van der Waals surface area contributed by atoms with E-state index in [0.29, 0.717) is 73.3 Å². The Bertz CT molecular complexity index is 3550. The number of ketones is 4. The average molecular weight is 1560 g/mol. The summed E-state index contributed by atoms with van der Waals surface area (Å²) in [5.41, 5.74) is 36.5. The van der Waals surface area contributed by atoms with Gasteiger partial charge < -0.3 is 91.0 Å². The van der Waals surface area contributed by atoms with E-state index < -0.39 is 162 Å². The van der Waals surface area contributed by atoms with Gasteiger partial charge in [-0.15, -0.1) is 0 Å². The number of nitrogens with zero attached hydrogens (tertiary/aromatic N) is 3. The number of aliphatic imine (C=N–C) groups is 1. The molecule has 0 unspecified atom stereocenters. The van der Waals surface area contributed by atoms with Crippen LogP contribution in [-0.4, -0.2) is 204 Å². The fourth-order valence-electron chi connectivity index (χ4n) is 13.5. The largest absolute Gasteiger partial charge is 0.493 e. The van der Waals surface area contributed by atoms with Crippen LogP contribution in [0, 0.1) is 29.1 Å². The van der Waals surface area contributed by atoms with E-state index in [0.717, 1.165) is 21.6 Å². The molecule has 109 heavy (non-hydrogen) atoms. The van der Waals surface area contributed by atoms with Gasteiger partial charge in [0.1, 0.15) is 59.6 Å². The number of benzene rings is 2. The maximum atomic E-state index is 15.7. The molecule has 4 heterocycles. The average Bonchev–Trinajstić information content (AvgIpc) is 1.73.